The molecule has 0 radical (unpaired) electrons. The Morgan fingerprint density at radius 3 is 1.45 bits per heavy atom. The lowest BCUT2D eigenvalue weighted by molar-refractivity contribution is 0.395. The third-order valence-corrected chi connectivity index (χ3v) is 15.3. The summed E-state index contributed by atoms with van der Waals surface area (Å²) in [6.45, 7) is 9.63. The molecule has 4 rings (SSSR count). The van der Waals surface area contributed by atoms with Gasteiger partial charge in [0.2, 0.25) is 10.9 Å². The molecule has 234 valence electrons. The molecule has 0 saturated heterocycles. The van der Waals surface area contributed by atoms with Crippen LogP contribution < -0.4 is 21.7 Å². The van der Waals surface area contributed by atoms with E-state index in [0.29, 0.717) is 0 Å². The van der Waals surface area contributed by atoms with Crippen molar-refractivity contribution in [2.45, 2.75) is 62.5 Å². The van der Waals surface area contributed by atoms with Crippen LogP contribution in [-0.2, 0) is 0 Å². The van der Waals surface area contributed by atoms with Gasteiger partial charge >= 0.3 is 0 Å². The molecule has 0 spiro atoms. The van der Waals surface area contributed by atoms with Crippen LogP contribution in [0, 0.1) is 13.8 Å². The summed E-state index contributed by atoms with van der Waals surface area (Å²) >= 11 is 12.8. The molecule has 0 heterocycles. The Kier molecular flexibility index (Phi) is 10.5. The maximum absolute atomic E-state index is 14.6. The van der Waals surface area contributed by atoms with Crippen LogP contribution in [0.15, 0.2) is 19.2 Å². The van der Waals surface area contributed by atoms with E-state index in [4.69, 9.17) is 0 Å². The minimum absolute atomic E-state index is 0.00396. The summed E-state index contributed by atoms with van der Waals surface area (Å²) in [6.07, 6.45) is 0. The molecule has 14 heteroatoms. The van der Waals surface area contributed by atoms with Crippen molar-refractivity contribution in [3.8, 4) is 45.3 Å². The highest BCUT2D eigenvalue weighted by molar-refractivity contribution is 14.2. The smallest absolute Gasteiger partial charge is 0.231 e. The van der Waals surface area contributed by atoms with E-state index >= 15 is 0 Å². The number of benzene rings is 4. The van der Waals surface area contributed by atoms with E-state index in [0.717, 1.165) is 17.9 Å². The lowest BCUT2D eigenvalue weighted by Gasteiger charge is -2.25. The maximum atomic E-state index is 14.6. The number of rotatable bonds is 7. The van der Waals surface area contributed by atoms with Crippen molar-refractivity contribution in [1.82, 2.24) is 0 Å². The summed E-state index contributed by atoms with van der Waals surface area (Å²) in [5, 5.41) is 45.8. The summed E-state index contributed by atoms with van der Waals surface area (Å²) in [6, 6.07) is 0. The molecule has 0 aromatic heterocycles. The largest absolute Gasteiger partial charge is 0.507 e. The Hall–Kier alpha value is -1.34. The van der Waals surface area contributed by atoms with Crippen LogP contribution in [0.4, 0.5) is 0 Å². The molecule has 2 aromatic carbocycles. The topological polar surface area (TPSA) is 149 Å². The van der Waals surface area contributed by atoms with E-state index in [1.807, 2.05) is 42.4 Å². The molecule has 8 nitrogen and oxygen atoms in total. The quantitative estimate of drug-likeness (QED) is 0.0273. The molecule has 0 bridgehead atoms. The number of fused-ring (bicyclic) bond motifs is 2. The summed E-state index contributed by atoms with van der Waals surface area (Å²) in [4.78, 5) is 55.4. The van der Waals surface area contributed by atoms with Crippen molar-refractivity contribution in [3.05, 3.63) is 74.3 Å². The molecule has 4 N–H and O–H groups in total. The van der Waals surface area contributed by atoms with Crippen LogP contribution in [0.2, 0.25) is 0 Å². The Morgan fingerprint density at radius 1 is 0.523 bits per heavy atom. The highest BCUT2D eigenvalue weighted by Gasteiger charge is 2.36. The van der Waals surface area contributed by atoms with Crippen LogP contribution in [0.5, 0.6) is 23.0 Å². The molecular formula is C30H28I2O8S4. The van der Waals surface area contributed by atoms with Gasteiger partial charge < -0.3 is 20.4 Å². The van der Waals surface area contributed by atoms with Gasteiger partial charge in [-0.15, -0.1) is 0 Å². The highest BCUT2D eigenvalue weighted by atomic mass is 127. The van der Waals surface area contributed by atoms with E-state index in [2.05, 4.69) is 25.3 Å². The first-order valence-electron chi connectivity index (χ1n) is 13.2. The van der Waals surface area contributed by atoms with E-state index in [9.17, 15) is 39.6 Å². The van der Waals surface area contributed by atoms with E-state index in [1.54, 1.807) is 27.7 Å². The predicted octanol–water partition coefficient (Wildman–Crippen LogP) is 7.64. The average Bonchev–Trinajstić information content (AvgIpc) is 2.96. The first kappa shape index (κ1) is 35.5. The SMILES string of the molecule is Cc1c(-c2c(C)c(=O)c3c(C(C)C)c(=O)c(=O)c([C@H](S)SI)c-3c2=O)c(O)c2c([C@@H](S)SI)c(O)c(O)c(C(C)C)c2c1O. The first-order valence-corrected chi connectivity index (χ1v) is 21.1. The lowest BCUT2D eigenvalue weighted by Crippen LogP contribution is -2.38. The predicted molar refractivity (Wildman–Crippen MR) is 204 cm³/mol. The van der Waals surface area contributed by atoms with Crippen molar-refractivity contribution >= 4 is 96.3 Å². The monoisotopic (exact) mass is 898 g/mol. The fourth-order valence-electron chi connectivity index (χ4n) is 5.96. The van der Waals surface area contributed by atoms with Gasteiger partial charge in [0.25, 0.3) is 0 Å². The second-order valence-electron chi connectivity index (χ2n) is 11.1. The van der Waals surface area contributed by atoms with Gasteiger partial charge in [-0.2, -0.15) is 25.3 Å². The Balaban J connectivity index is 2.42. The summed E-state index contributed by atoms with van der Waals surface area (Å²) in [7, 11) is 2.24. The Labute approximate surface area is 296 Å². The third kappa shape index (κ3) is 5.22. The van der Waals surface area contributed by atoms with Crippen molar-refractivity contribution < 1.29 is 20.4 Å². The van der Waals surface area contributed by atoms with Gasteiger partial charge in [0, 0.05) is 66.4 Å². The van der Waals surface area contributed by atoms with Gasteiger partial charge in [-0.1, -0.05) is 45.6 Å². The average molecular weight is 899 g/mol. The summed E-state index contributed by atoms with van der Waals surface area (Å²) < 4.78 is -1.72. The number of aromatic hydroxyl groups is 4. The zero-order chi connectivity index (χ0) is 33.3. The standard InChI is InChI=1S/C30H28I2O8S4/c1-7(2)11-15-17(19(29(41)43-31)27(39)25(11)37)23(35)13(9(5)21(15)33)14-10(6)22(34)16-12(8(3)4)26(38)28(40)20(30(42)44-32)18(16)24(14)36/h7-8,29-30,33,35,37,39,41-42H,1-6H3/t29-,30+/m0/s1. The van der Waals surface area contributed by atoms with Crippen LogP contribution in [0.3, 0.4) is 0 Å². The minimum atomic E-state index is -0.930. The van der Waals surface area contributed by atoms with Crippen LogP contribution in [0.1, 0.15) is 82.1 Å². The van der Waals surface area contributed by atoms with E-state index in [1.165, 1.54) is 13.8 Å². The third-order valence-electron chi connectivity index (χ3n) is 7.91. The van der Waals surface area contributed by atoms with Gasteiger partial charge in [-0.05, 0) is 68.1 Å². The van der Waals surface area contributed by atoms with Crippen molar-refractivity contribution in [2.75, 3.05) is 0 Å². The van der Waals surface area contributed by atoms with Gasteiger partial charge in [0.1, 0.15) is 11.5 Å². The molecule has 0 aliphatic heterocycles. The molecule has 2 aliphatic carbocycles. The second-order valence-corrected chi connectivity index (χ2v) is 17.1. The number of thiol groups is 2. The van der Waals surface area contributed by atoms with Gasteiger partial charge in [-0.3, -0.25) is 19.2 Å². The minimum Gasteiger partial charge on any atom is -0.507 e. The molecule has 44 heavy (non-hydrogen) atoms. The Morgan fingerprint density at radius 2 is 0.955 bits per heavy atom. The molecule has 0 unspecified atom stereocenters. The van der Waals surface area contributed by atoms with Gasteiger partial charge in [0.05, 0.1) is 9.16 Å². The molecule has 0 fully saturated rings. The fraction of sp³-hybridized carbons (Fsp3) is 0.333. The fourth-order valence-corrected chi connectivity index (χ4v) is 8.61. The Bertz CT molecular complexity index is 2040. The second kappa shape index (κ2) is 13.0. The van der Waals surface area contributed by atoms with E-state index < -0.39 is 60.0 Å². The normalized spacial score (nSPS) is 13.5. The van der Waals surface area contributed by atoms with Crippen LogP contribution in [0.25, 0.3) is 33.0 Å². The van der Waals surface area contributed by atoms with Gasteiger partial charge in [-0.25, -0.2) is 0 Å². The first-order chi connectivity index (χ1) is 20.5. The summed E-state index contributed by atoms with van der Waals surface area (Å²) in [5.41, 5.74) is -4.26. The van der Waals surface area contributed by atoms with Crippen molar-refractivity contribution in [3.63, 3.8) is 0 Å². The highest BCUT2D eigenvalue weighted by Crippen LogP contribution is 2.57. The zero-order valence-electron chi connectivity index (χ0n) is 24.2. The molecule has 2 atom stereocenters. The number of hydrogen-bond donors (Lipinski definition) is 6. The zero-order valence-corrected chi connectivity index (χ0v) is 31.9. The molecule has 0 amide bonds. The van der Waals surface area contributed by atoms with Gasteiger partial charge in [0.15, 0.2) is 22.4 Å². The number of hydrogen-bond acceptors (Lipinski definition) is 12. The van der Waals surface area contributed by atoms with Crippen LogP contribution >= 0.6 is 85.5 Å². The number of halogens is 2. The number of phenolic OH excluding ortho intramolecular Hbond substituents is 4. The lowest BCUT2D eigenvalue weighted by atomic mass is 9.80. The summed E-state index contributed by atoms with van der Waals surface area (Å²) in [5.74, 6) is -2.89. The van der Waals surface area contributed by atoms with Crippen molar-refractivity contribution in [1.29, 1.82) is 0 Å². The van der Waals surface area contributed by atoms with Crippen molar-refractivity contribution in [2.24, 2.45) is 0 Å². The van der Waals surface area contributed by atoms with E-state index in [-0.39, 0.29) is 72.2 Å². The molecule has 0 saturated carbocycles. The maximum Gasteiger partial charge on any atom is 0.231 e. The number of phenols is 4. The van der Waals surface area contributed by atoms with Crippen LogP contribution in [-0.4, -0.2) is 20.4 Å². The molecular weight excluding hydrogens is 870 g/mol. The molecule has 2 aromatic rings. The molecule has 2 aliphatic rings.